The van der Waals surface area contributed by atoms with Crippen LogP contribution in [0.25, 0.3) is 33.7 Å². The second-order valence-corrected chi connectivity index (χ2v) is 7.06. The van der Waals surface area contributed by atoms with Crippen LogP contribution in [0.3, 0.4) is 0 Å². The van der Waals surface area contributed by atoms with Crippen molar-refractivity contribution in [2.45, 2.75) is 6.18 Å². The maximum atomic E-state index is 12.9. The molecule has 3 heterocycles. The van der Waals surface area contributed by atoms with Gasteiger partial charge in [-0.2, -0.15) is 23.4 Å². The number of aromatic amines is 1. The number of rotatable bonds is 4. The van der Waals surface area contributed by atoms with Crippen LogP contribution in [0.5, 0.6) is 0 Å². The van der Waals surface area contributed by atoms with Gasteiger partial charge in [0.05, 0.1) is 17.4 Å². The van der Waals surface area contributed by atoms with Crippen molar-refractivity contribution in [1.29, 1.82) is 0 Å². The molecule has 5 rings (SSSR count). The molecule has 0 saturated heterocycles. The van der Waals surface area contributed by atoms with Crippen LogP contribution >= 0.6 is 0 Å². The quantitative estimate of drug-likeness (QED) is 0.373. The second kappa shape index (κ2) is 7.77. The molecule has 0 fully saturated rings. The molecule has 0 amide bonds. The normalized spacial score (nSPS) is 11.6. The number of aromatic nitrogens is 5. The van der Waals surface area contributed by atoms with Crippen molar-refractivity contribution in [3.05, 3.63) is 84.8 Å². The number of fused-ring (bicyclic) bond motifs is 1. The highest BCUT2D eigenvalue weighted by Gasteiger charge is 2.32. The number of nitrogens with zero attached hydrogens (tertiary/aromatic N) is 4. The van der Waals surface area contributed by atoms with Crippen molar-refractivity contribution in [2.75, 3.05) is 5.32 Å². The number of halogens is 3. The zero-order chi connectivity index (χ0) is 22.1. The average molecular weight is 432 g/mol. The Morgan fingerprint density at radius 2 is 1.69 bits per heavy atom. The lowest BCUT2D eigenvalue weighted by atomic mass is 10.1. The van der Waals surface area contributed by atoms with Crippen LogP contribution in [0.1, 0.15) is 5.69 Å². The Morgan fingerprint density at radius 3 is 2.44 bits per heavy atom. The van der Waals surface area contributed by atoms with Crippen molar-refractivity contribution < 1.29 is 13.2 Å². The standard InChI is InChI=1S/C23H15F3N6/c24-23(25,26)21-12-19-20(13-27-21)31-22(30-19)15-3-1-4-17(11-15)29-16-8-6-14(7-9-16)18-5-2-10-28-32-18/h1-13,29H,(H,30,31). The first-order valence-electron chi connectivity index (χ1n) is 9.64. The number of imidazole rings is 1. The van der Waals surface area contributed by atoms with E-state index in [1.165, 1.54) is 0 Å². The second-order valence-electron chi connectivity index (χ2n) is 7.06. The number of H-pyrrole nitrogens is 1. The smallest absolute Gasteiger partial charge is 0.356 e. The molecule has 0 bridgehead atoms. The first-order chi connectivity index (χ1) is 15.5. The summed E-state index contributed by atoms with van der Waals surface area (Å²) in [4.78, 5) is 10.8. The average Bonchev–Trinajstić information content (AvgIpc) is 3.23. The molecule has 2 N–H and O–H groups in total. The van der Waals surface area contributed by atoms with Gasteiger partial charge in [-0.05, 0) is 42.5 Å². The summed E-state index contributed by atoms with van der Waals surface area (Å²) >= 11 is 0. The fourth-order valence-electron chi connectivity index (χ4n) is 3.30. The molecule has 0 aliphatic heterocycles. The lowest BCUT2D eigenvalue weighted by molar-refractivity contribution is -0.141. The molecule has 5 aromatic rings. The first-order valence-corrected chi connectivity index (χ1v) is 9.64. The Bertz CT molecular complexity index is 1380. The van der Waals surface area contributed by atoms with E-state index in [1.54, 1.807) is 6.20 Å². The van der Waals surface area contributed by atoms with E-state index in [1.807, 2.05) is 60.7 Å². The third kappa shape index (κ3) is 4.00. The van der Waals surface area contributed by atoms with Crippen LogP contribution < -0.4 is 5.32 Å². The van der Waals surface area contributed by atoms with Gasteiger partial charge in [-0.1, -0.05) is 24.3 Å². The monoisotopic (exact) mass is 432 g/mol. The van der Waals surface area contributed by atoms with Crippen LogP contribution in [0.2, 0.25) is 0 Å². The maximum absolute atomic E-state index is 12.9. The Balaban J connectivity index is 1.39. The number of hydrogen-bond acceptors (Lipinski definition) is 5. The highest BCUT2D eigenvalue weighted by Crippen LogP contribution is 2.30. The molecule has 9 heteroatoms. The van der Waals surface area contributed by atoms with Crippen LogP contribution in [0.4, 0.5) is 24.5 Å². The lowest BCUT2D eigenvalue weighted by Gasteiger charge is -2.08. The first kappa shape index (κ1) is 19.7. The Labute approximate surface area is 180 Å². The van der Waals surface area contributed by atoms with Crippen molar-refractivity contribution >= 4 is 22.4 Å². The van der Waals surface area contributed by atoms with Gasteiger partial charge in [0, 0.05) is 28.7 Å². The van der Waals surface area contributed by atoms with Gasteiger partial charge in [0.1, 0.15) is 17.0 Å². The molecule has 3 aromatic heterocycles. The largest absolute Gasteiger partial charge is 0.433 e. The van der Waals surface area contributed by atoms with Gasteiger partial charge in [-0.25, -0.2) is 9.97 Å². The molecule has 32 heavy (non-hydrogen) atoms. The molecule has 0 atom stereocenters. The topological polar surface area (TPSA) is 79.4 Å². The molecule has 6 nitrogen and oxygen atoms in total. The molecule has 0 spiro atoms. The number of pyridine rings is 1. The Hall–Kier alpha value is -4.27. The molecular formula is C23H15F3N6. The molecule has 158 valence electrons. The van der Waals surface area contributed by atoms with Gasteiger partial charge in [-0.3, -0.25) is 0 Å². The summed E-state index contributed by atoms with van der Waals surface area (Å²) in [6, 6.07) is 19.9. The molecule has 0 aliphatic rings. The van der Waals surface area contributed by atoms with E-state index in [2.05, 4.69) is 30.5 Å². The van der Waals surface area contributed by atoms with E-state index in [0.717, 1.165) is 40.5 Å². The molecule has 0 aliphatic carbocycles. The zero-order valence-electron chi connectivity index (χ0n) is 16.4. The van der Waals surface area contributed by atoms with Crippen molar-refractivity contribution in [1.82, 2.24) is 25.1 Å². The molecule has 0 radical (unpaired) electrons. The highest BCUT2D eigenvalue weighted by atomic mass is 19.4. The van der Waals surface area contributed by atoms with Gasteiger partial charge in [0.2, 0.25) is 0 Å². The van der Waals surface area contributed by atoms with Gasteiger partial charge in [0.25, 0.3) is 0 Å². The van der Waals surface area contributed by atoms with Crippen molar-refractivity contribution in [3.63, 3.8) is 0 Å². The number of nitrogens with one attached hydrogen (secondary N) is 2. The summed E-state index contributed by atoms with van der Waals surface area (Å²) in [5.41, 5.74) is 3.84. The lowest BCUT2D eigenvalue weighted by Crippen LogP contribution is -2.07. The van der Waals surface area contributed by atoms with Crippen LogP contribution in [0.15, 0.2) is 79.1 Å². The fourth-order valence-corrected chi connectivity index (χ4v) is 3.30. The van der Waals surface area contributed by atoms with E-state index in [0.29, 0.717) is 11.3 Å². The van der Waals surface area contributed by atoms with E-state index in [-0.39, 0.29) is 5.52 Å². The van der Waals surface area contributed by atoms with Crippen LogP contribution in [-0.2, 0) is 6.18 Å². The number of hydrogen-bond donors (Lipinski definition) is 2. The summed E-state index contributed by atoms with van der Waals surface area (Å²) in [5.74, 6) is 0.461. The maximum Gasteiger partial charge on any atom is 0.433 e. The SMILES string of the molecule is FC(F)(F)c1cc2[nH]c(-c3cccc(Nc4ccc(-c5cccnn5)cc4)c3)nc2cn1. The summed E-state index contributed by atoms with van der Waals surface area (Å²) in [7, 11) is 0. The Kier molecular flexibility index (Phi) is 4.78. The van der Waals surface area contributed by atoms with Crippen molar-refractivity contribution in [3.8, 4) is 22.6 Å². The molecular weight excluding hydrogens is 417 g/mol. The molecule has 0 unspecified atom stereocenters. The third-order valence-electron chi connectivity index (χ3n) is 4.84. The zero-order valence-corrected chi connectivity index (χ0v) is 16.4. The van der Waals surface area contributed by atoms with E-state index < -0.39 is 11.9 Å². The third-order valence-corrected chi connectivity index (χ3v) is 4.84. The number of anilines is 2. The summed E-state index contributed by atoms with van der Waals surface area (Å²) in [5, 5.41) is 11.3. The van der Waals surface area contributed by atoms with Gasteiger partial charge in [0.15, 0.2) is 0 Å². The number of alkyl halides is 3. The minimum atomic E-state index is -4.51. The van der Waals surface area contributed by atoms with Gasteiger partial charge < -0.3 is 10.3 Å². The van der Waals surface area contributed by atoms with Gasteiger partial charge in [-0.15, -0.1) is 0 Å². The summed E-state index contributed by atoms with van der Waals surface area (Å²) in [6.07, 6.45) is -1.76. The molecule has 2 aromatic carbocycles. The predicted molar refractivity (Wildman–Crippen MR) is 115 cm³/mol. The van der Waals surface area contributed by atoms with E-state index >= 15 is 0 Å². The van der Waals surface area contributed by atoms with E-state index in [4.69, 9.17) is 0 Å². The number of benzene rings is 2. The minimum absolute atomic E-state index is 0.278. The van der Waals surface area contributed by atoms with Crippen LogP contribution in [-0.4, -0.2) is 25.1 Å². The fraction of sp³-hybridized carbons (Fsp3) is 0.0435. The summed E-state index contributed by atoms with van der Waals surface area (Å²) < 4.78 is 38.7. The summed E-state index contributed by atoms with van der Waals surface area (Å²) in [6.45, 7) is 0. The highest BCUT2D eigenvalue weighted by molar-refractivity contribution is 5.80. The predicted octanol–water partition coefficient (Wildman–Crippen LogP) is 5.84. The van der Waals surface area contributed by atoms with Crippen LogP contribution in [0, 0.1) is 0 Å². The minimum Gasteiger partial charge on any atom is -0.356 e. The molecule has 0 saturated carbocycles. The Morgan fingerprint density at radius 1 is 0.844 bits per heavy atom. The van der Waals surface area contributed by atoms with E-state index in [9.17, 15) is 13.2 Å². The van der Waals surface area contributed by atoms with Gasteiger partial charge >= 0.3 is 6.18 Å². The van der Waals surface area contributed by atoms with Crippen molar-refractivity contribution in [2.24, 2.45) is 0 Å².